The van der Waals surface area contributed by atoms with Crippen LogP contribution in [0.4, 0.5) is 0 Å². The maximum Gasteiger partial charge on any atom is 0.253 e. The van der Waals surface area contributed by atoms with Crippen LogP contribution in [0.2, 0.25) is 0 Å². The first-order valence-corrected chi connectivity index (χ1v) is 10.5. The third-order valence-electron chi connectivity index (χ3n) is 4.72. The number of ether oxygens (including phenoxy) is 1. The third kappa shape index (κ3) is 4.82. The van der Waals surface area contributed by atoms with E-state index in [0.717, 1.165) is 19.6 Å². The summed E-state index contributed by atoms with van der Waals surface area (Å²) in [5, 5.41) is 0. The molecule has 1 saturated heterocycles. The first-order valence-electron chi connectivity index (χ1n) is 9.04. The molecule has 26 heavy (non-hydrogen) atoms. The first kappa shape index (κ1) is 20.8. The minimum atomic E-state index is -3.49. The minimum absolute atomic E-state index is 0.0526. The number of nitrogens with zero attached hydrogens (tertiary/aromatic N) is 3. The van der Waals surface area contributed by atoms with E-state index in [9.17, 15) is 13.2 Å². The van der Waals surface area contributed by atoms with E-state index in [1.54, 1.807) is 19.2 Å². The zero-order valence-corrected chi connectivity index (χ0v) is 16.7. The van der Waals surface area contributed by atoms with Gasteiger partial charge in [0.05, 0.1) is 11.5 Å². The Morgan fingerprint density at radius 1 is 1.08 bits per heavy atom. The molecule has 0 atom stereocenters. The molecule has 1 aromatic rings. The van der Waals surface area contributed by atoms with Gasteiger partial charge in [-0.3, -0.25) is 9.69 Å². The number of hydrogen-bond donors (Lipinski definition) is 0. The summed E-state index contributed by atoms with van der Waals surface area (Å²) in [7, 11) is -1.81. The smallest absolute Gasteiger partial charge is 0.253 e. The number of methoxy groups -OCH3 is 1. The highest BCUT2D eigenvalue weighted by atomic mass is 32.2. The summed E-state index contributed by atoms with van der Waals surface area (Å²) in [6.07, 6.45) is 0. The summed E-state index contributed by atoms with van der Waals surface area (Å²) >= 11 is 0. The lowest BCUT2D eigenvalue weighted by Crippen LogP contribution is -2.49. The van der Waals surface area contributed by atoms with E-state index in [2.05, 4.69) is 4.90 Å². The molecular weight excluding hydrogens is 354 g/mol. The second-order valence-electron chi connectivity index (χ2n) is 6.24. The molecule has 1 amide bonds. The van der Waals surface area contributed by atoms with Gasteiger partial charge in [-0.2, -0.15) is 4.31 Å². The van der Waals surface area contributed by atoms with Crippen molar-refractivity contribution in [3.63, 3.8) is 0 Å². The van der Waals surface area contributed by atoms with Crippen LogP contribution in [0, 0.1) is 0 Å². The number of hydrogen-bond acceptors (Lipinski definition) is 5. The van der Waals surface area contributed by atoms with Crippen LogP contribution in [0.15, 0.2) is 29.2 Å². The van der Waals surface area contributed by atoms with Crippen molar-refractivity contribution in [2.24, 2.45) is 0 Å². The highest BCUT2D eigenvalue weighted by molar-refractivity contribution is 7.89. The molecule has 2 rings (SSSR count). The van der Waals surface area contributed by atoms with Gasteiger partial charge in [0.25, 0.3) is 5.91 Å². The second kappa shape index (κ2) is 9.45. The Kier molecular flexibility index (Phi) is 7.57. The number of sulfonamides is 1. The van der Waals surface area contributed by atoms with E-state index in [4.69, 9.17) is 4.74 Å². The Balaban J connectivity index is 2.01. The average molecular weight is 384 g/mol. The van der Waals surface area contributed by atoms with Crippen LogP contribution in [-0.4, -0.2) is 88.0 Å². The van der Waals surface area contributed by atoms with Gasteiger partial charge in [-0.05, 0) is 24.3 Å². The van der Waals surface area contributed by atoms with Gasteiger partial charge in [-0.1, -0.05) is 13.8 Å². The lowest BCUT2D eigenvalue weighted by Gasteiger charge is -2.34. The monoisotopic (exact) mass is 383 g/mol. The third-order valence-corrected chi connectivity index (χ3v) is 6.78. The quantitative estimate of drug-likeness (QED) is 0.673. The van der Waals surface area contributed by atoms with Crippen molar-refractivity contribution in [1.29, 1.82) is 0 Å². The number of carbonyl (C=O) groups excluding carboxylic acids is 1. The number of rotatable bonds is 8. The molecule has 1 aliphatic heterocycles. The zero-order chi connectivity index (χ0) is 19.2. The second-order valence-corrected chi connectivity index (χ2v) is 8.18. The predicted molar refractivity (Wildman–Crippen MR) is 101 cm³/mol. The molecule has 0 unspecified atom stereocenters. The zero-order valence-electron chi connectivity index (χ0n) is 15.8. The summed E-state index contributed by atoms with van der Waals surface area (Å²) in [5.41, 5.74) is 0.522. The molecule has 0 N–H and O–H groups in total. The van der Waals surface area contributed by atoms with Crippen molar-refractivity contribution >= 4 is 15.9 Å². The van der Waals surface area contributed by atoms with Crippen molar-refractivity contribution in [3.8, 4) is 0 Å². The number of amides is 1. The fourth-order valence-corrected chi connectivity index (χ4v) is 4.52. The van der Waals surface area contributed by atoms with Gasteiger partial charge < -0.3 is 9.64 Å². The highest BCUT2D eigenvalue weighted by Gasteiger charge is 2.24. The van der Waals surface area contributed by atoms with E-state index in [-0.39, 0.29) is 10.8 Å². The lowest BCUT2D eigenvalue weighted by molar-refractivity contribution is 0.0594. The van der Waals surface area contributed by atoms with E-state index in [1.165, 1.54) is 16.4 Å². The molecule has 0 saturated carbocycles. The van der Waals surface area contributed by atoms with Gasteiger partial charge in [0.2, 0.25) is 10.0 Å². The topological polar surface area (TPSA) is 70.2 Å². The normalized spacial score (nSPS) is 16.2. The van der Waals surface area contributed by atoms with Crippen LogP contribution < -0.4 is 0 Å². The summed E-state index contributed by atoms with van der Waals surface area (Å²) in [4.78, 5) is 17.0. The van der Waals surface area contributed by atoms with Crippen molar-refractivity contribution in [2.45, 2.75) is 18.7 Å². The van der Waals surface area contributed by atoms with Crippen molar-refractivity contribution in [3.05, 3.63) is 29.8 Å². The number of benzene rings is 1. The van der Waals surface area contributed by atoms with Gasteiger partial charge in [0, 0.05) is 58.5 Å². The Bertz CT molecular complexity index is 679. The number of piperazine rings is 1. The first-order chi connectivity index (χ1) is 12.4. The van der Waals surface area contributed by atoms with Crippen LogP contribution in [-0.2, 0) is 14.8 Å². The van der Waals surface area contributed by atoms with E-state index in [1.807, 2.05) is 18.7 Å². The maximum absolute atomic E-state index is 12.7. The van der Waals surface area contributed by atoms with Crippen LogP contribution in [0.5, 0.6) is 0 Å². The molecule has 1 heterocycles. The van der Waals surface area contributed by atoms with Gasteiger partial charge in [0.1, 0.15) is 0 Å². The Labute approximate surface area is 156 Å². The molecule has 0 aliphatic carbocycles. The van der Waals surface area contributed by atoms with Crippen molar-refractivity contribution < 1.29 is 17.9 Å². The summed E-state index contributed by atoms with van der Waals surface area (Å²) in [6, 6.07) is 6.26. The Morgan fingerprint density at radius 2 is 1.65 bits per heavy atom. The van der Waals surface area contributed by atoms with Gasteiger partial charge in [0.15, 0.2) is 0 Å². The van der Waals surface area contributed by atoms with Crippen molar-refractivity contribution in [2.75, 3.05) is 59.5 Å². The molecule has 1 aromatic carbocycles. The molecule has 146 valence electrons. The van der Waals surface area contributed by atoms with E-state index in [0.29, 0.717) is 38.3 Å². The number of carbonyl (C=O) groups is 1. The largest absolute Gasteiger partial charge is 0.383 e. The summed E-state index contributed by atoms with van der Waals surface area (Å²) < 4.78 is 31.5. The minimum Gasteiger partial charge on any atom is -0.383 e. The Hall–Kier alpha value is -1.48. The molecule has 0 spiro atoms. The van der Waals surface area contributed by atoms with Crippen LogP contribution in [0.25, 0.3) is 0 Å². The molecule has 7 nitrogen and oxygen atoms in total. The average Bonchev–Trinajstić information content (AvgIpc) is 2.67. The predicted octanol–water partition coefficient (Wildman–Crippen LogP) is 1.12. The molecule has 0 aromatic heterocycles. The van der Waals surface area contributed by atoms with Crippen LogP contribution in [0.1, 0.15) is 24.2 Å². The highest BCUT2D eigenvalue weighted by Crippen LogP contribution is 2.17. The van der Waals surface area contributed by atoms with Crippen LogP contribution >= 0.6 is 0 Å². The fourth-order valence-electron chi connectivity index (χ4n) is 3.06. The standard InChI is InChI=1S/C18H29N3O4S/c1-4-21(5-2)26(23,24)17-8-6-16(7-9-17)18(22)20-12-10-19(11-13-20)14-15-25-3/h6-9H,4-5,10-15H2,1-3H3. The van der Waals surface area contributed by atoms with E-state index >= 15 is 0 Å². The SMILES string of the molecule is CCN(CC)S(=O)(=O)c1ccc(C(=O)N2CCN(CCOC)CC2)cc1. The Morgan fingerprint density at radius 3 is 2.15 bits per heavy atom. The van der Waals surface area contributed by atoms with Gasteiger partial charge in [-0.15, -0.1) is 0 Å². The molecule has 1 fully saturated rings. The lowest BCUT2D eigenvalue weighted by atomic mass is 10.2. The molecule has 8 heteroatoms. The molecule has 0 radical (unpaired) electrons. The van der Waals surface area contributed by atoms with Crippen molar-refractivity contribution in [1.82, 2.24) is 14.1 Å². The van der Waals surface area contributed by atoms with Gasteiger partial charge >= 0.3 is 0 Å². The molecule has 0 bridgehead atoms. The molecule has 1 aliphatic rings. The molecular formula is C18H29N3O4S. The maximum atomic E-state index is 12.7. The van der Waals surface area contributed by atoms with E-state index < -0.39 is 10.0 Å². The van der Waals surface area contributed by atoms with Gasteiger partial charge in [-0.25, -0.2) is 8.42 Å². The fraction of sp³-hybridized carbons (Fsp3) is 0.611. The van der Waals surface area contributed by atoms with Crippen LogP contribution in [0.3, 0.4) is 0 Å². The summed E-state index contributed by atoms with van der Waals surface area (Å²) in [6.45, 7) is 9.01. The summed E-state index contributed by atoms with van der Waals surface area (Å²) in [5.74, 6) is -0.0526.